The lowest BCUT2D eigenvalue weighted by Gasteiger charge is -2.09. The first kappa shape index (κ1) is 14.3. The lowest BCUT2D eigenvalue weighted by atomic mass is 10.2. The van der Waals surface area contributed by atoms with Crippen molar-refractivity contribution in [3.8, 4) is 5.75 Å². The predicted molar refractivity (Wildman–Crippen MR) is 76.1 cm³/mol. The zero-order chi connectivity index (χ0) is 14.4. The van der Waals surface area contributed by atoms with E-state index in [1.165, 1.54) is 13.4 Å². The molecule has 0 aliphatic rings. The number of aromatic nitrogens is 2. The molecule has 0 saturated heterocycles. The van der Waals surface area contributed by atoms with E-state index in [9.17, 15) is 4.79 Å². The van der Waals surface area contributed by atoms with Crippen LogP contribution in [-0.2, 0) is 6.42 Å². The molecule has 20 heavy (non-hydrogen) atoms. The van der Waals surface area contributed by atoms with E-state index < -0.39 is 0 Å². The SMILES string of the molecule is COc1ccc(Cl)cc1C(=O)NCCc1cncnc1. The van der Waals surface area contributed by atoms with Crippen molar-refractivity contribution in [2.45, 2.75) is 6.42 Å². The summed E-state index contributed by atoms with van der Waals surface area (Å²) in [6.07, 6.45) is 5.58. The van der Waals surface area contributed by atoms with Gasteiger partial charge in [-0.05, 0) is 30.2 Å². The molecule has 0 saturated carbocycles. The maximum Gasteiger partial charge on any atom is 0.255 e. The molecule has 5 nitrogen and oxygen atoms in total. The van der Waals surface area contributed by atoms with Gasteiger partial charge in [-0.15, -0.1) is 0 Å². The Kier molecular flexibility index (Phi) is 4.90. The first-order valence-electron chi connectivity index (χ1n) is 6.06. The van der Waals surface area contributed by atoms with E-state index in [2.05, 4.69) is 15.3 Å². The summed E-state index contributed by atoms with van der Waals surface area (Å²) in [6.45, 7) is 0.488. The van der Waals surface area contributed by atoms with E-state index in [1.54, 1.807) is 30.6 Å². The highest BCUT2D eigenvalue weighted by atomic mass is 35.5. The number of carbonyl (C=O) groups is 1. The fourth-order valence-corrected chi connectivity index (χ4v) is 1.90. The van der Waals surface area contributed by atoms with Crippen molar-refractivity contribution in [2.75, 3.05) is 13.7 Å². The Labute approximate surface area is 122 Å². The van der Waals surface area contributed by atoms with Gasteiger partial charge in [-0.3, -0.25) is 4.79 Å². The molecule has 1 aromatic heterocycles. The highest BCUT2D eigenvalue weighted by Gasteiger charge is 2.12. The van der Waals surface area contributed by atoms with E-state index in [0.717, 1.165) is 5.56 Å². The summed E-state index contributed by atoms with van der Waals surface area (Å²) >= 11 is 5.90. The Hall–Kier alpha value is -2.14. The van der Waals surface area contributed by atoms with Gasteiger partial charge < -0.3 is 10.1 Å². The number of hydrogen-bond acceptors (Lipinski definition) is 4. The smallest absolute Gasteiger partial charge is 0.255 e. The molecule has 0 radical (unpaired) electrons. The number of methoxy groups -OCH3 is 1. The van der Waals surface area contributed by atoms with Gasteiger partial charge in [-0.1, -0.05) is 11.6 Å². The Morgan fingerprint density at radius 1 is 1.35 bits per heavy atom. The average Bonchev–Trinajstić information content (AvgIpc) is 2.48. The average molecular weight is 292 g/mol. The number of ether oxygens (including phenoxy) is 1. The summed E-state index contributed by atoms with van der Waals surface area (Å²) in [7, 11) is 1.52. The molecule has 0 atom stereocenters. The largest absolute Gasteiger partial charge is 0.496 e. The maximum atomic E-state index is 12.1. The summed E-state index contributed by atoms with van der Waals surface area (Å²) in [5.41, 5.74) is 1.38. The standard InChI is InChI=1S/C14H14ClN3O2/c1-20-13-3-2-11(15)6-12(13)14(19)18-5-4-10-7-16-9-17-8-10/h2-3,6-9H,4-5H2,1H3,(H,18,19). The number of nitrogens with zero attached hydrogens (tertiary/aromatic N) is 2. The van der Waals surface area contributed by atoms with Crippen molar-refractivity contribution < 1.29 is 9.53 Å². The second kappa shape index (κ2) is 6.86. The van der Waals surface area contributed by atoms with Gasteiger partial charge in [0.1, 0.15) is 12.1 Å². The second-order valence-electron chi connectivity index (χ2n) is 4.10. The number of hydrogen-bond donors (Lipinski definition) is 1. The van der Waals surface area contributed by atoms with Crippen LogP contribution in [0.5, 0.6) is 5.75 Å². The van der Waals surface area contributed by atoms with Gasteiger partial charge in [-0.25, -0.2) is 9.97 Å². The van der Waals surface area contributed by atoms with Crippen molar-refractivity contribution in [3.05, 3.63) is 53.1 Å². The zero-order valence-electron chi connectivity index (χ0n) is 11.0. The fourth-order valence-electron chi connectivity index (χ4n) is 1.73. The van der Waals surface area contributed by atoms with Crippen LogP contribution >= 0.6 is 11.6 Å². The summed E-state index contributed by atoms with van der Waals surface area (Å²) in [4.78, 5) is 19.9. The number of nitrogens with one attached hydrogen (secondary N) is 1. The van der Waals surface area contributed by atoms with Gasteiger partial charge in [0.2, 0.25) is 0 Å². The molecule has 0 aliphatic carbocycles. The summed E-state index contributed by atoms with van der Waals surface area (Å²) in [5, 5.41) is 3.31. The first-order chi connectivity index (χ1) is 9.70. The summed E-state index contributed by atoms with van der Waals surface area (Å²) in [6, 6.07) is 4.93. The molecule has 0 fully saturated rings. The van der Waals surface area contributed by atoms with Crippen LogP contribution in [0.1, 0.15) is 15.9 Å². The zero-order valence-corrected chi connectivity index (χ0v) is 11.7. The lowest BCUT2D eigenvalue weighted by Crippen LogP contribution is -2.26. The molecule has 0 bridgehead atoms. The van der Waals surface area contributed by atoms with E-state index in [4.69, 9.17) is 16.3 Å². The number of amides is 1. The number of carbonyl (C=O) groups excluding carboxylic acids is 1. The maximum absolute atomic E-state index is 12.1. The van der Waals surface area contributed by atoms with Crippen molar-refractivity contribution in [3.63, 3.8) is 0 Å². The topological polar surface area (TPSA) is 64.1 Å². The third-order valence-corrected chi connectivity index (χ3v) is 2.95. The third kappa shape index (κ3) is 3.68. The van der Waals surface area contributed by atoms with Gasteiger partial charge in [-0.2, -0.15) is 0 Å². The Morgan fingerprint density at radius 3 is 2.80 bits per heavy atom. The molecular formula is C14H14ClN3O2. The van der Waals surface area contributed by atoms with Crippen molar-refractivity contribution >= 4 is 17.5 Å². The van der Waals surface area contributed by atoms with Crippen LogP contribution in [0, 0.1) is 0 Å². The van der Waals surface area contributed by atoms with Crippen molar-refractivity contribution in [1.82, 2.24) is 15.3 Å². The van der Waals surface area contributed by atoms with Gasteiger partial charge in [0.15, 0.2) is 0 Å². The fraction of sp³-hybridized carbons (Fsp3) is 0.214. The van der Waals surface area contributed by atoms with E-state index in [1.807, 2.05) is 0 Å². The Balaban J connectivity index is 1.97. The molecule has 1 N–H and O–H groups in total. The van der Waals surface area contributed by atoms with Gasteiger partial charge in [0, 0.05) is 24.0 Å². The number of halogens is 1. The monoisotopic (exact) mass is 291 g/mol. The molecule has 0 spiro atoms. The molecule has 2 rings (SSSR count). The summed E-state index contributed by atoms with van der Waals surface area (Å²) in [5.74, 6) is 0.274. The molecule has 104 valence electrons. The Morgan fingerprint density at radius 2 is 2.10 bits per heavy atom. The Bertz CT molecular complexity index is 590. The molecule has 1 aromatic carbocycles. The molecule has 1 heterocycles. The quantitative estimate of drug-likeness (QED) is 0.916. The minimum Gasteiger partial charge on any atom is -0.496 e. The molecular weight excluding hydrogens is 278 g/mol. The van der Waals surface area contributed by atoms with Crippen molar-refractivity contribution in [1.29, 1.82) is 0 Å². The first-order valence-corrected chi connectivity index (χ1v) is 6.44. The minimum absolute atomic E-state index is 0.221. The van der Waals surface area contributed by atoms with Gasteiger partial charge in [0.05, 0.1) is 12.7 Å². The van der Waals surface area contributed by atoms with Crippen LogP contribution in [0.4, 0.5) is 0 Å². The molecule has 2 aromatic rings. The normalized spacial score (nSPS) is 10.1. The number of rotatable bonds is 5. The van der Waals surface area contributed by atoms with Gasteiger partial charge >= 0.3 is 0 Å². The lowest BCUT2D eigenvalue weighted by molar-refractivity contribution is 0.0951. The molecule has 0 unspecified atom stereocenters. The predicted octanol–water partition coefficient (Wildman–Crippen LogP) is 2.11. The van der Waals surface area contributed by atoms with Crippen molar-refractivity contribution in [2.24, 2.45) is 0 Å². The van der Waals surface area contributed by atoms with E-state index in [0.29, 0.717) is 29.3 Å². The molecule has 6 heteroatoms. The van der Waals surface area contributed by atoms with Crippen LogP contribution in [0.3, 0.4) is 0 Å². The molecule has 1 amide bonds. The second-order valence-corrected chi connectivity index (χ2v) is 4.53. The van der Waals surface area contributed by atoms with Crippen LogP contribution in [0.15, 0.2) is 36.9 Å². The highest BCUT2D eigenvalue weighted by Crippen LogP contribution is 2.22. The van der Waals surface area contributed by atoms with Gasteiger partial charge in [0.25, 0.3) is 5.91 Å². The third-order valence-electron chi connectivity index (χ3n) is 2.72. The van der Waals surface area contributed by atoms with E-state index >= 15 is 0 Å². The minimum atomic E-state index is -0.221. The van der Waals surface area contributed by atoms with Crippen LogP contribution < -0.4 is 10.1 Å². The van der Waals surface area contributed by atoms with Crippen LogP contribution in [-0.4, -0.2) is 29.5 Å². The summed E-state index contributed by atoms with van der Waals surface area (Å²) < 4.78 is 5.15. The van der Waals surface area contributed by atoms with Crippen LogP contribution in [0.2, 0.25) is 5.02 Å². The van der Waals surface area contributed by atoms with Crippen LogP contribution in [0.25, 0.3) is 0 Å². The van der Waals surface area contributed by atoms with E-state index in [-0.39, 0.29) is 5.91 Å². The highest BCUT2D eigenvalue weighted by molar-refractivity contribution is 6.31. The number of benzene rings is 1. The molecule has 0 aliphatic heterocycles.